The van der Waals surface area contributed by atoms with Gasteiger partial charge in [-0.1, -0.05) is 56.3 Å². The van der Waals surface area contributed by atoms with E-state index in [4.69, 9.17) is 14.5 Å². The number of amides is 1. The molecule has 0 N–H and O–H groups in total. The number of hydrogen-bond donors (Lipinski definition) is 0. The van der Waals surface area contributed by atoms with Gasteiger partial charge in [0, 0.05) is 12.2 Å². The van der Waals surface area contributed by atoms with Crippen molar-refractivity contribution in [1.82, 2.24) is 9.80 Å². The smallest absolute Gasteiger partial charge is 0.236 e. The summed E-state index contributed by atoms with van der Waals surface area (Å²) in [6, 6.07) is 16.2. The first-order chi connectivity index (χ1) is 16.1. The predicted molar refractivity (Wildman–Crippen MR) is 126 cm³/mol. The highest BCUT2D eigenvalue weighted by atomic mass is 16.7. The highest BCUT2D eigenvalue weighted by Gasteiger charge is 2.48. The van der Waals surface area contributed by atoms with Crippen molar-refractivity contribution >= 4 is 11.9 Å². The number of fused-ring (bicyclic) bond motifs is 2. The molecule has 2 aromatic rings. The van der Waals surface area contributed by atoms with E-state index in [2.05, 4.69) is 43.0 Å². The lowest BCUT2D eigenvalue weighted by molar-refractivity contribution is -0.126. The Hall–Kier alpha value is -3.28. The van der Waals surface area contributed by atoms with E-state index in [0.717, 1.165) is 34.3 Å². The van der Waals surface area contributed by atoms with Gasteiger partial charge in [0.2, 0.25) is 18.7 Å². The van der Waals surface area contributed by atoms with E-state index >= 15 is 0 Å². The lowest BCUT2D eigenvalue weighted by Crippen LogP contribution is -2.42. The van der Waals surface area contributed by atoms with Gasteiger partial charge < -0.3 is 14.4 Å². The molecule has 2 atom stereocenters. The quantitative estimate of drug-likeness (QED) is 0.661. The van der Waals surface area contributed by atoms with E-state index in [1.54, 1.807) is 0 Å². The first-order valence-corrected chi connectivity index (χ1v) is 11.9. The second-order valence-electron chi connectivity index (χ2n) is 9.72. The van der Waals surface area contributed by atoms with Gasteiger partial charge in [0.05, 0.1) is 18.5 Å². The largest absolute Gasteiger partial charge is 0.454 e. The standard InChI is InChI=1S/C27H29N3O3/c1-17(2)26-22(12-18-8-9-18)30-25(31)14-21(20-6-4-3-5-7-20)28-27(30)29(26)15-19-10-11-23-24(13-19)33-16-32-23/h3-7,10-13,17-18,21,26H,8-9,14-16H2,1-2H3/b22-12-/t21-,26-/m0/s1. The lowest BCUT2D eigenvalue weighted by Gasteiger charge is -2.30. The maximum atomic E-state index is 13.5. The number of carbonyl (C=O) groups is 1. The summed E-state index contributed by atoms with van der Waals surface area (Å²) in [5.41, 5.74) is 3.32. The molecule has 6 rings (SSSR count). The molecule has 3 heterocycles. The van der Waals surface area contributed by atoms with Crippen LogP contribution in [0, 0.1) is 11.8 Å². The predicted octanol–water partition coefficient (Wildman–Crippen LogP) is 4.88. The highest BCUT2D eigenvalue weighted by molar-refractivity contribution is 6.03. The Morgan fingerprint density at radius 3 is 2.64 bits per heavy atom. The number of nitrogens with zero attached hydrogens (tertiary/aromatic N) is 3. The van der Waals surface area contributed by atoms with Gasteiger partial charge in [0.15, 0.2) is 11.5 Å². The molecule has 2 aromatic carbocycles. The topological polar surface area (TPSA) is 54.4 Å². The third-order valence-corrected chi connectivity index (χ3v) is 6.88. The van der Waals surface area contributed by atoms with Crippen molar-refractivity contribution in [3.05, 3.63) is 71.4 Å². The van der Waals surface area contributed by atoms with Crippen LogP contribution >= 0.6 is 0 Å². The molecular weight excluding hydrogens is 414 g/mol. The molecule has 1 amide bonds. The number of ether oxygens (including phenoxy) is 2. The van der Waals surface area contributed by atoms with Gasteiger partial charge in [-0.3, -0.25) is 9.69 Å². The number of allylic oxidation sites excluding steroid dienone is 1. The van der Waals surface area contributed by atoms with Crippen molar-refractivity contribution in [2.24, 2.45) is 16.8 Å². The second kappa shape index (κ2) is 7.94. The van der Waals surface area contributed by atoms with Crippen LogP contribution in [0.4, 0.5) is 0 Å². The molecule has 0 spiro atoms. The van der Waals surface area contributed by atoms with Crippen molar-refractivity contribution in [2.45, 2.75) is 51.7 Å². The van der Waals surface area contributed by atoms with Crippen molar-refractivity contribution in [3.8, 4) is 11.5 Å². The molecule has 170 valence electrons. The minimum Gasteiger partial charge on any atom is -0.454 e. The zero-order valence-corrected chi connectivity index (χ0v) is 19.1. The van der Waals surface area contributed by atoms with Crippen LogP contribution in [0.3, 0.4) is 0 Å². The molecular formula is C27H29N3O3. The molecule has 1 aliphatic carbocycles. The number of rotatable bonds is 5. The molecule has 2 fully saturated rings. The molecule has 6 heteroatoms. The number of aliphatic imine (C=N–C) groups is 1. The summed E-state index contributed by atoms with van der Waals surface area (Å²) in [5, 5.41) is 0. The van der Waals surface area contributed by atoms with Crippen LogP contribution in [0.1, 0.15) is 50.3 Å². The van der Waals surface area contributed by atoms with Gasteiger partial charge in [-0.05, 0) is 47.9 Å². The molecule has 4 aliphatic rings. The van der Waals surface area contributed by atoms with E-state index in [9.17, 15) is 4.79 Å². The number of carbonyl (C=O) groups excluding carboxylic acids is 1. The van der Waals surface area contributed by atoms with Gasteiger partial charge in [-0.15, -0.1) is 0 Å². The first kappa shape index (κ1) is 20.3. The Kier molecular flexibility index (Phi) is 4.89. The van der Waals surface area contributed by atoms with Gasteiger partial charge >= 0.3 is 0 Å². The summed E-state index contributed by atoms with van der Waals surface area (Å²) < 4.78 is 11.1. The van der Waals surface area contributed by atoms with Crippen molar-refractivity contribution < 1.29 is 14.3 Å². The monoisotopic (exact) mass is 443 g/mol. The molecule has 33 heavy (non-hydrogen) atoms. The maximum absolute atomic E-state index is 13.5. The van der Waals surface area contributed by atoms with Crippen molar-refractivity contribution in [3.63, 3.8) is 0 Å². The number of hydrogen-bond acceptors (Lipinski definition) is 5. The number of benzene rings is 2. The summed E-state index contributed by atoms with van der Waals surface area (Å²) in [6.45, 7) is 5.39. The fourth-order valence-electron chi connectivity index (χ4n) is 5.14. The van der Waals surface area contributed by atoms with Crippen molar-refractivity contribution in [2.75, 3.05) is 6.79 Å². The van der Waals surface area contributed by atoms with Crippen LogP contribution in [0.2, 0.25) is 0 Å². The Balaban J connectivity index is 1.43. The van der Waals surface area contributed by atoms with E-state index in [1.165, 1.54) is 12.8 Å². The molecule has 1 saturated carbocycles. The normalized spacial score (nSPS) is 25.1. The molecule has 3 aliphatic heterocycles. The van der Waals surface area contributed by atoms with Gasteiger partial charge in [0.1, 0.15) is 0 Å². The van der Waals surface area contributed by atoms with Gasteiger partial charge in [0.25, 0.3) is 0 Å². The Morgan fingerprint density at radius 2 is 1.88 bits per heavy atom. The Labute approximate surface area is 194 Å². The van der Waals surface area contributed by atoms with Crippen LogP contribution in [-0.2, 0) is 11.3 Å². The summed E-state index contributed by atoms with van der Waals surface area (Å²) in [7, 11) is 0. The van der Waals surface area contributed by atoms with Crippen LogP contribution < -0.4 is 9.47 Å². The van der Waals surface area contributed by atoms with Gasteiger partial charge in [-0.2, -0.15) is 0 Å². The van der Waals surface area contributed by atoms with Gasteiger partial charge in [-0.25, -0.2) is 4.99 Å². The zero-order chi connectivity index (χ0) is 22.5. The van der Waals surface area contributed by atoms with Crippen LogP contribution in [0.5, 0.6) is 11.5 Å². The summed E-state index contributed by atoms with van der Waals surface area (Å²) in [5.74, 6) is 3.39. The molecule has 0 bridgehead atoms. The molecule has 0 radical (unpaired) electrons. The highest BCUT2D eigenvalue weighted by Crippen LogP contribution is 2.42. The SMILES string of the molecule is CC(C)[C@H]1/C(=C/C2CC2)N2C(=O)C[C@@H](c3ccccc3)N=C2N1Cc1ccc2c(c1)OCO2. The zero-order valence-electron chi connectivity index (χ0n) is 19.1. The third kappa shape index (κ3) is 3.67. The Bertz CT molecular complexity index is 1140. The second-order valence-corrected chi connectivity index (χ2v) is 9.72. The Morgan fingerprint density at radius 1 is 1.09 bits per heavy atom. The van der Waals surface area contributed by atoms with Crippen LogP contribution in [-0.4, -0.2) is 34.5 Å². The fourth-order valence-corrected chi connectivity index (χ4v) is 5.14. The van der Waals surface area contributed by atoms with E-state index in [-0.39, 0.29) is 24.8 Å². The average molecular weight is 444 g/mol. The van der Waals surface area contributed by atoms with E-state index < -0.39 is 0 Å². The van der Waals surface area contributed by atoms with E-state index in [1.807, 2.05) is 35.2 Å². The third-order valence-electron chi connectivity index (χ3n) is 6.88. The van der Waals surface area contributed by atoms with Crippen molar-refractivity contribution in [1.29, 1.82) is 0 Å². The van der Waals surface area contributed by atoms with Crippen LogP contribution in [0.25, 0.3) is 0 Å². The number of guanidine groups is 1. The minimum atomic E-state index is -0.155. The molecule has 0 aromatic heterocycles. The summed E-state index contributed by atoms with van der Waals surface area (Å²) in [6.07, 6.45) is 5.15. The average Bonchev–Trinajstić information content (AvgIpc) is 3.41. The molecule has 1 saturated heterocycles. The molecule has 6 nitrogen and oxygen atoms in total. The maximum Gasteiger partial charge on any atom is 0.236 e. The van der Waals surface area contributed by atoms with Crippen LogP contribution in [0.15, 0.2) is 65.3 Å². The first-order valence-electron chi connectivity index (χ1n) is 11.9. The summed E-state index contributed by atoms with van der Waals surface area (Å²) in [4.78, 5) is 22.9. The molecule has 0 unspecified atom stereocenters. The fraction of sp³-hybridized carbons (Fsp3) is 0.407. The summed E-state index contributed by atoms with van der Waals surface area (Å²) >= 11 is 0. The lowest BCUT2D eigenvalue weighted by atomic mass is 9.98. The minimum absolute atomic E-state index is 0.105. The van der Waals surface area contributed by atoms with E-state index in [0.29, 0.717) is 24.8 Å².